The molecule has 0 aliphatic heterocycles. The van der Waals surface area contributed by atoms with Crippen LogP contribution in [0.25, 0.3) is 0 Å². The van der Waals surface area contributed by atoms with Gasteiger partial charge in [-0.2, -0.15) is 0 Å². The molecule has 0 aromatic rings. The fourth-order valence-electron chi connectivity index (χ4n) is 1.99. The third kappa shape index (κ3) is 23.9. The molecule has 0 atom stereocenters. The molecule has 0 aliphatic rings. The van der Waals surface area contributed by atoms with Crippen molar-refractivity contribution in [2.24, 2.45) is 0 Å². The smallest absolute Gasteiger partial charge is 0.726 e. The zero-order chi connectivity index (χ0) is 15.1. The van der Waals surface area contributed by atoms with E-state index in [1.54, 1.807) is 0 Å². The fourth-order valence-corrected chi connectivity index (χ4v) is 2.26. The van der Waals surface area contributed by atoms with E-state index in [1.165, 1.54) is 51.4 Å². The molecule has 0 heterocycles. The second-order valence-electron chi connectivity index (χ2n) is 5.02. The van der Waals surface area contributed by atoms with Crippen LogP contribution in [-0.2, 0) is 19.3 Å². The second-order valence-corrected chi connectivity index (χ2v) is 6.08. The average molecular weight is 349 g/mol. The molecule has 0 spiro atoms. The van der Waals surface area contributed by atoms with Crippen LogP contribution in [0.2, 0.25) is 0 Å². The number of unbranched alkanes of at least 4 members (excludes halogenated alkanes) is 9. The zero-order valence-corrected chi connectivity index (χ0v) is 17.6. The predicted molar refractivity (Wildman–Crippen MR) is 78.3 cm³/mol. The molecule has 0 unspecified atom stereocenters. The maximum absolute atomic E-state index is 10.1. The number of hydrogen-bond acceptors (Lipinski definition) is 5. The van der Waals surface area contributed by atoms with E-state index in [2.05, 4.69) is 11.1 Å². The molecular formula is C14H29KO5S. The van der Waals surface area contributed by atoms with Gasteiger partial charge >= 0.3 is 51.4 Å². The summed E-state index contributed by atoms with van der Waals surface area (Å²) in [6.07, 6.45) is 12.7. The molecule has 0 bridgehead atoms. The SMILES string of the molecule is CCCCCCCCCCCCOCCOS(=O)(=O)[O-].[K+]. The van der Waals surface area contributed by atoms with Crippen LogP contribution < -0.4 is 51.4 Å². The van der Waals surface area contributed by atoms with Crippen LogP contribution in [0.4, 0.5) is 0 Å². The van der Waals surface area contributed by atoms with Crippen LogP contribution in [0.15, 0.2) is 0 Å². The van der Waals surface area contributed by atoms with E-state index in [0.29, 0.717) is 6.61 Å². The van der Waals surface area contributed by atoms with Crippen molar-refractivity contribution >= 4 is 10.4 Å². The van der Waals surface area contributed by atoms with Gasteiger partial charge in [0.25, 0.3) is 0 Å². The molecule has 21 heavy (non-hydrogen) atoms. The van der Waals surface area contributed by atoms with Gasteiger partial charge in [-0.25, -0.2) is 8.42 Å². The van der Waals surface area contributed by atoms with Gasteiger partial charge in [-0.1, -0.05) is 64.7 Å². The summed E-state index contributed by atoms with van der Waals surface area (Å²) in [5, 5.41) is 0. The molecule has 0 aliphatic carbocycles. The first-order valence-electron chi connectivity index (χ1n) is 7.74. The Balaban J connectivity index is 0. The van der Waals surface area contributed by atoms with Gasteiger partial charge in [-0.3, -0.25) is 4.18 Å². The molecule has 122 valence electrons. The first-order valence-corrected chi connectivity index (χ1v) is 9.07. The van der Waals surface area contributed by atoms with Crippen LogP contribution in [-0.4, -0.2) is 32.8 Å². The summed E-state index contributed by atoms with van der Waals surface area (Å²) in [6.45, 7) is 2.79. The Morgan fingerprint density at radius 2 is 1.24 bits per heavy atom. The maximum atomic E-state index is 10.1. The molecule has 0 radical (unpaired) electrons. The topological polar surface area (TPSA) is 75.7 Å². The third-order valence-corrected chi connectivity index (χ3v) is 3.55. The molecule has 5 nitrogen and oxygen atoms in total. The van der Waals surface area contributed by atoms with E-state index < -0.39 is 10.4 Å². The van der Waals surface area contributed by atoms with Crippen LogP contribution in [0.5, 0.6) is 0 Å². The summed E-state index contributed by atoms with van der Waals surface area (Å²) in [7, 11) is -4.57. The van der Waals surface area contributed by atoms with Crippen molar-refractivity contribution in [3.63, 3.8) is 0 Å². The third-order valence-electron chi connectivity index (χ3n) is 3.10. The monoisotopic (exact) mass is 348 g/mol. The normalized spacial score (nSPS) is 11.3. The minimum atomic E-state index is -4.57. The first kappa shape index (κ1) is 24.7. The van der Waals surface area contributed by atoms with Crippen LogP contribution in [0, 0.1) is 0 Å². The van der Waals surface area contributed by atoms with E-state index in [0.717, 1.165) is 12.8 Å². The van der Waals surface area contributed by atoms with Gasteiger partial charge in [0.05, 0.1) is 13.2 Å². The Kier molecular flexibility index (Phi) is 21.0. The van der Waals surface area contributed by atoms with Crippen molar-refractivity contribution in [2.75, 3.05) is 19.8 Å². The van der Waals surface area contributed by atoms with Gasteiger partial charge in [0, 0.05) is 6.61 Å². The molecule has 0 saturated heterocycles. The summed E-state index contributed by atoms with van der Waals surface area (Å²) in [5.74, 6) is 0. The number of ether oxygens (including phenoxy) is 1. The van der Waals surface area contributed by atoms with Crippen LogP contribution in [0.3, 0.4) is 0 Å². The minimum Gasteiger partial charge on any atom is -0.726 e. The van der Waals surface area contributed by atoms with Gasteiger partial charge in [0.2, 0.25) is 10.4 Å². The minimum absolute atomic E-state index is 0. The van der Waals surface area contributed by atoms with Crippen molar-refractivity contribution in [2.45, 2.75) is 71.1 Å². The van der Waals surface area contributed by atoms with E-state index in [1.807, 2.05) is 0 Å². The quantitative estimate of drug-likeness (QED) is 0.185. The van der Waals surface area contributed by atoms with Gasteiger partial charge in [-0.05, 0) is 6.42 Å². The summed E-state index contributed by atoms with van der Waals surface area (Å²) in [6, 6.07) is 0. The summed E-state index contributed by atoms with van der Waals surface area (Å²) in [4.78, 5) is 0. The fraction of sp³-hybridized carbons (Fsp3) is 1.00. The van der Waals surface area contributed by atoms with Gasteiger partial charge in [0.15, 0.2) is 0 Å². The predicted octanol–water partition coefficient (Wildman–Crippen LogP) is 0.405. The molecule has 0 aromatic carbocycles. The van der Waals surface area contributed by atoms with Crippen LogP contribution in [0.1, 0.15) is 71.1 Å². The van der Waals surface area contributed by atoms with Crippen molar-refractivity contribution in [3.05, 3.63) is 0 Å². The largest absolute Gasteiger partial charge is 1.00 e. The van der Waals surface area contributed by atoms with Gasteiger partial charge < -0.3 is 9.29 Å². The van der Waals surface area contributed by atoms with E-state index >= 15 is 0 Å². The second kappa shape index (κ2) is 17.8. The van der Waals surface area contributed by atoms with E-state index in [9.17, 15) is 13.0 Å². The van der Waals surface area contributed by atoms with Crippen molar-refractivity contribution < 1.29 is 73.3 Å². The Hall–Kier alpha value is 1.47. The van der Waals surface area contributed by atoms with Crippen molar-refractivity contribution in [1.82, 2.24) is 0 Å². The van der Waals surface area contributed by atoms with E-state index in [-0.39, 0.29) is 64.6 Å². The summed E-state index contributed by atoms with van der Waals surface area (Å²) >= 11 is 0. The Labute approximate surface area is 172 Å². The zero-order valence-electron chi connectivity index (χ0n) is 13.6. The van der Waals surface area contributed by atoms with Gasteiger partial charge in [0.1, 0.15) is 0 Å². The molecule has 0 rings (SSSR count). The maximum Gasteiger partial charge on any atom is 1.00 e. The Bertz CT molecular complexity index is 296. The van der Waals surface area contributed by atoms with Crippen molar-refractivity contribution in [3.8, 4) is 0 Å². The molecule has 0 saturated carbocycles. The molecule has 0 N–H and O–H groups in total. The standard InChI is InChI=1S/C14H30O5S.K/c1-2-3-4-5-6-7-8-9-10-11-12-18-13-14-19-20(15,16)17;/h2-14H2,1H3,(H,15,16,17);/q;+1/p-1. The van der Waals surface area contributed by atoms with Gasteiger partial charge in [-0.15, -0.1) is 0 Å². The molecular weight excluding hydrogens is 319 g/mol. The molecule has 0 aromatic heterocycles. The van der Waals surface area contributed by atoms with Crippen molar-refractivity contribution in [1.29, 1.82) is 0 Å². The number of hydrogen-bond donors (Lipinski definition) is 0. The van der Waals surface area contributed by atoms with Crippen LogP contribution >= 0.6 is 0 Å². The Morgan fingerprint density at radius 3 is 1.71 bits per heavy atom. The molecule has 0 amide bonds. The first-order chi connectivity index (χ1) is 9.56. The van der Waals surface area contributed by atoms with E-state index in [4.69, 9.17) is 4.74 Å². The summed E-state index contributed by atoms with van der Waals surface area (Å²) < 4.78 is 39.5. The number of rotatable bonds is 15. The average Bonchev–Trinajstić information content (AvgIpc) is 2.38. The Morgan fingerprint density at radius 1 is 0.762 bits per heavy atom. The molecule has 7 heteroatoms. The summed E-state index contributed by atoms with van der Waals surface area (Å²) in [5.41, 5.74) is 0. The molecule has 0 fully saturated rings.